The Morgan fingerprint density at radius 3 is 1.60 bits per heavy atom. The molecule has 0 atom stereocenters. The van der Waals surface area contributed by atoms with Gasteiger partial charge in [-0.2, -0.15) is 10.5 Å². The van der Waals surface area contributed by atoms with E-state index >= 15 is 0 Å². The van der Waals surface area contributed by atoms with Crippen molar-refractivity contribution in [3.63, 3.8) is 0 Å². The number of esters is 1. The van der Waals surface area contributed by atoms with Gasteiger partial charge in [0.05, 0.1) is 41.5 Å². The second-order valence-electron chi connectivity index (χ2n) is 9.29. The van der Waals surface area contributed by atoms with Crippen LogP contribution in [0.5, 0.6) is 0 Å². The van der Waals surface area contributed by atoms with Crippen LogP contribution in [0.3, 0.4) is 0 Å². The van der Waals surface area contributed by atoms with E-state index in [0.717, 1.165) is 36.8 Å². The summed E-state index contributed by atoms with van der Waals surface area (Å²) in [7, 11) is 1.35. The molecule has 2 aliphatic carbocycles. The van der Waals surface area contributed by atoms with Crippen molar-refractivity contribution in [3.05, 3.63) is 69.8 Å². The molecule has 2 fully saturated rings. The highest BCUT2D eigenvalue weighted by Gasteiger charge is 2.21. The van der Waals surface area contributed by atoms with Gasteiger partial charge >= 0.3 is 11.9 Å². The Morgan fingerprint density at radius 1 is 0.771 bits per heavy atom. The van der Waals surface area contributed by atoms with Crippen LogP contribution in [0.15, 0.2) is 36.4 Å². The third-order valence-corrected chi connectivity index (χ3v) is 7.11. The van der Waals surface area contributed by atoms with E-state index in [9.17, 15) is 14.9 Å². The molecule has 0 saturated heterocycles. The van der Waals surface area contributed by atoms with Crippen molar-refractivity contribution in [2.75, 3.05) is 7.11 Å². The molecule has 1 N–H and O–H groups in total. The van der Waals surface area contributed by atoms with Gasteiger partial charge in [0.15, 0.2) is 0 Å². The van der Waals surface area contributed by atoms with Crippen LogP contribution >= 0.6 is 0 Å². The SMILES string of the molecule is COC(=O)c1ccc(C2CCCCC2)c(C#N)c1.N#Cc1cc(C(=O)O)ccc1C1CCCCC1. The number of nitriles is 2. The fourth-order valence-corrected chi connectivity index (χ4v) is 5.22. The largest absolute Gasteiger partial charge is 0.478 e. The number of carbonyl (C=O) groups excluding carboxylic acids is 1. The highest BCUT2D eigenvalue weighted by molar-refractivity contribution is 5.90. The van der Waals surface area contributed by atoms with Crippen LogP contribution in [0.25, 0.3) is 0 Å². The molecular weight excluding hydrogens is 440 g/mol. The maximum Gasteiger partial charge on any atom is 0.337 e. The summed E-state index contributed by atoms with van der Waals surface area (Å²) in [6.07, 6.45) is 11.9. The molecule has 0 amide bonds. The number of methoxy groups -OCH3 is 1. The molecule has 0 aromatic heterocycles. The van der Waals surface area contributed by atoms with E-state index in [1.54, 1.807) is 18.2 Å². The van der Waals surface area contributed by atoms with Gasteiger partial charge in [0.2, 0.25) is 0 Å². The summed E-state index contributed by atoms with van der Waals surface area (Å²) in [6.45, 7) is 0. The number of nitrogens with zero attached hydrogens (tertiary/aromatic N) is 2. The monoisotopic (exact) mass is 472 g/mol. The minimum absolute atomic E-state index is 0.195. The predicted octanol–water partition coefficient (Wildman–Crippen LogP) is 6.70. The summed E-state index contributed by atoms with van der Waals surface area (Å²) in [4.78, 5) is 22.3. The quantitative estimate of drug-likeness (QED) is 0.496. The van der Waals surface area contributed by atoms with Crippen molar-refractivity contribution in [2.45, 2.75) is 76.0 Å². The first kappa shape index (κ1) is 26.0. The van der Waals surface area contributed by atoms with Gasteiger partial charge in [-0.15, -0.1) is 0 Å². The molecule has 6 nitrogen and oxygen atoms in total. The minimum Gasteiger partial charge on any atom is -0.478 e. The van der Waals surface area contributed by atoms with Crippen LogP contribution in [0.4, 0.5) is 0 Å². The van der Waals surface area contributed by atoms with Crippen LogP contribution in [-0.4, -0.2) is 24.2 Å². The van der Waals surface area contributed by atoms with Gasteiger partial charge in [0.1, 0.15) is 0 Å². The third kappa shape index (κ3) is 6.70. The summed E-state index contributed by atoms with van der Waals surface area (Å²) >= 11 is 0. The first-order valence-corrected chi connectivity index (χ1v) is 12.4. The lowest BCUT2D eigenvalue weighted by molar-refractivity contribution is 0.0599. The first-order valence-electron chi connectivity index (χ1n) is 12.4. The predicted molar refractivity (Wildman–Crippen MR) is 132 cm³/mol. The van der Waals surface area contributed by atoms with E-state index in [2.05, 4.69) is 16.9 Å². The molecule has 0 bridgehead atoms. The molecule has 0 spiro atoms. The third-order valence-electron chi connectivity index (χ3n) is 7.11. The molecule has 0 radical (unpaired) electrons. The average Bonchev–Trinajstić information content (AvgIpc) is 2.93. The van der Waals surface area contributed by atoms with Crippen molar-refractivity contribution in [1.82, 2.24) is 0 Å². The van der Waals surface area contributed by atoms with E-state index in [1.807, 2.05) is 12.1 Å². The molecule has 6 heteroatoms. The van der Waals surface area contributed by atoms with Gasteiger partial charge in [-0.3, -0.25) is 0 Å². The van der Waals surface area contributed by atoms with Crippen molar-refractivity contribution >= 4 is 11.9 Å². The van der Waals surface area contributed by atoms with Gasteiger partial charge in [-0.05, 0) is 72.9 Å². The fourth-order valence-electron chi connectivity index (χ4n) is 5.22. The average molecular weight is 473 g/mol. The van der Waals surface area contributed by atoms with E-state index in [0.29, 0.717) is 28.5 Å². The molecule has 4 rings (SSSR count). The fraction of sp³-hybridized carbons (Fsp3) is 0.448. The maximum absolute atomic E-state index is 11.4. The lowest BCUT2D eigenvalue weighted by Gasteiger charge is -2.23. The minimum atomic E-state index is -0.975. The molecule has 182 valence electrons. The number of carbonyl (C=O) groups is 2. The Morgan fingerprint density at radius 2 is 1.20 bits per heavy atom. The van der Waals surface area contributed by atoms with E-state index < -0.39 is 5.97 Å². The highest BCUT2D eigenvalue weighted by Crippen LogP contribution is 2.35. The van der Waals surface area contributed by atoms with Gasteiger partial charge in [0, 0.05) is 0 Å². The molecule has 2 saturated carbocycles. The standard InChI is InChI=1S/C15H17NO2.C14H15NO2/c1-18-15(17)12-7-8-14(13(9-12)10-16)11-5-3-2-4-6-11;15-9-12-8-11(14(16)17)6-7-13(12)10-4-2-1-3-5-10/h7-9,11H,2-6H2,1H3;6-8,10H,1-5H2,(H,16,17). The molecule has 2 aliphatic rings. The number of hydrogen-bond acceptors (Lipinski definition) is 5. The van der Waals surface area contributed by atoms with Crippen LogP contribution in [-0.2, 0) is 4.74 Å². The van der Waals surface area contributed by atoms with Gasteiger partial charge < -0.3 is 9.84 Å². The Kier molecular flexibility index (Phi) is 9.44. The Bertz CT molecular complexity index is 1130. The summed E-state index contributed by atoms with van der Waals surface area (Å²) in [5, 5.41) is 27.2. The van der Waals surface area contributed by atoms with E-state index in [4.69, 9.17) is 10.4 Å². The zero-order chi connectivity index (χ0) is 25.2. The lowest BCUT2D eigenvalue weighted by atomic mass is 9.82. The van der Waals surface area contributed by atoms with Gasteiger partial charge in [-0.1, -0.05) is 50.7 Å². The lowest BCUT2D eigenvalue weighted by Crippen LogP contribution is -2.08. The second kappa shape index (κ2) is 12.7. The number of carboxylic acids is 1. The van der Waals surface area contributed by atoms with E-state index in [1.165, 1.54) is 51.7 Å². The number of ether oxygens (including phenoxy) is 1. The number of aromatic carboxylic acids is 1. The smallest absolute Gasteiger partial charge is 0.337 e. The number of hydrogen-bond donors (Lipinski definition) is 1. The molecule has 2 aromatic carbocycles. The molecule has 2 aromatic rings. The number of rotatable bonds is 4. The molecule has 0 unspecified atom stereocenters. The van der Waals surface area contributed by atoms with Crippen LogP contribution in [0, 0.1) is 22.7 Å². The maximum atomic E-state index is 11.4. The van der Waals surface area contributed by atoms with Gasteiger partial charge in [-0.25, -0.2) is 9.59 Å². The van der Waals surface area contributed by atoms with Crippen molar-refractivity contribution in [1.29, 1.82) is 10.5 Å². The summed E-state index contributed by atoms with van der Waals surface area (Å²) in [5.41, 5.74) is 3.90. The Hall–Kier alpha value is -3.64. The molecular formula is C29H32N2O4. The first-order chi connectivity index (χ1) is 17.0. The van der Waals surface area contributed by atoms with Crippen molar-refractivity contribution in [2.24, 2.45) is 0 Å². The van der Waals surface area contributed by atoms with Crippen LogP contribution < -0.4 is 0 Å². The molecule has 0 aliphatic heterocycles. The Labute approximate surface area is 207 Å². The summed E-state index contributed by atoms with van der Waals surface area (Å²) in [6, 6.07) is 14.6. The number of benzene rings is 2. The zero-order valence-corrected chi connectivity index (χ0v) is 20.3. The summed E-state index contributed by atoms with van der Waals surface area (Å²) in [5.74, 6) is -0.459. The highest BCUT2D eigenvalue weighted by atomic mass is 16.5. The molecule has 0 heterocycles. The molecule has 35 heavy (non-hydrogen) atoms. The topological polar surface area (TPSA) is 111 Å². The normalized spacial score (nSPS) is 16.2. The van der Waals surface area contributed by atoms with Gasteiger partial charge in [0.25, 0.3) is 0 Å². The van der Waals surface area contributed by atoms with E-state index in [-0.39, 0.29) is 11.5 Å². The van der Waals surface area contributed by atoms with Crippen LogP contribution in [0.2, 0.25) is 0 Å². The Balaban J connectivity index is 0.000000196. The summed E-state index contributed by atoms with van der Waals surface area (Å²) < 4.78 is 4.67. The van der Waals surface area contributed by atoms with Crippen molar-refractivity contribution < 1.29 is 19.4 Å². The second-order valence-corrected chi connectivity index (χ2v) is 9.29. The van der Waals surface area contributed by atoms with Crippen LogP contribution in [0.1, 0.15) is 119 Å². The number of carboxylic acid groups (broad SMARTS) is 1. The van der Waals surface area contributed by atoms with Crippen molar-refractivity contribution in [3.8, 4) is 12.1 Å². The zero-order valence-electron chi connectivity index (χ0n) is 20.3.